The normalized spacial score (nSPS) is 16.3. The summed E-state index contributed by atoms with van der Waals surface area (Å²) < 4.78 is 26.0. The number of hydrogen-bond acceptors (Lipinski definition) is 7. The first-order valence-electron chi connectivity index (χ1n) is 10.2. The lowest BCUT2D eigenvalue weighted by Crippen LogP contribution is -2.26. The molecule has 0 spiro atoms. The number of rotatable bonds is 5. The fraction of sp³-hybridized carbons (Fsp3) is 0.304. The maximum absolute atomic E-state index is 11.5. The zero-order valence-electron chi connectivity index (χ0n) is 17.7. The van der Waals surface area contributed by atoms with E-state index in [0.29, 0.717) is 24.5 Å². The van der Waals surface area contributed by atoms with E-state index in [1.807, 2.05) is 43.3 Å². The molecule has 2 aromatic carbocycles. The number of pyridine rings is 1. The lowest BCUT2D eigenvalue weighted by atomic mass is 10.1. The first-order valence-corrected chi connectivity index (χ1v) is 11.9. The Hall–Kier alpha value is -2.81. The van der Waals surface area contributed by atoms with Crippen LogP contribution in [0.4, 0.5) is 11.5 Å². The summed E-state index contributed by atoms with van der Waals surface area (Å²) in [6, 6.07) is 15.5. The molecule has 3 aromatic rings. The number of fused-ring (bicyclic) bond motifs is 2. The van der Waals surface area contributed by atoms with Crippen LogP contribution in [0.25, 0.3) is 10.9 Å². The molecule has 0 aliphatic carbocycles. The van der Waals surface area contributed by atoms with Gasteiger partial charge in [-0.25, -0.2) is 4.98 Å². The van der Waals surface area contributed by atoms with E-state index in [-0.39, 0.29) is 18.1 Å². The topological polar surface area (TPSA) is 94.9 Å². The number of nitrogens with zero attached hydrogens (tertiary/aromatic N) is 2. The Labute approximate surface area is 183 Å². The minimum atomic E-state index is -2.84. The highest BCUT2D eigenvalue weighted by molar-refractivity contribution is 8.24. The Kier molecular flexibility index (Phi) is 6.04. The van der Waals surface area contributed by atoms with Gasteiger partial charge in [-0.1, -0.05) is 29.8 Å². The molecule has 0 bridgehead atoms. The van der Waals surface area contributed by atoms with Crippen LogP contribution in [-0.4, -0.2) is 46.0 Å². The summed E-state index contributed by atoms with van der Waals surface area (Å²) in [6.45, 7) is 3.49. The standard InChI is InChI=1S/C23H27N3O4S/c1-16-7-8-19-18(13-16)20(24-10-9-23(27)30-2)14-22(25-19)26-11-12-31(28,29)21-6-4-3-5-17(21)15-26/h3-8,13-14,28-29H,9-12,15H2,1-2H3,(H,24,25). The van der Waals surface area contributed by atoms with Crippen molar-refractivity contribution in [1.82, 2.24) is 4.98 Å². The van der Waals surface area contributed by atoms with E-state index in [9.17, 15) is 13.9 Å². The number of carbonyl (C=O) groups excluding carboxylic acids is 1. The second-order valence-electron chi connectivity index (χ2n) is 7.70. The lowest BCUT2D eigenvalue weighted by Gasteiger charge is -2.32. The van der Waals surface area contributed by atoms with Gasteiger partial charge in [0.15, 0.2) is 0 Å². The highest BCUT2D eigenvalue weighted by atomic mass is 32.3. The molecule has 8 heteroatoms. The summed E-state index contributed by atoms with van der Waals surface area (Å²) in [5.74, 6) is 0.739. The van der Waals surface area contributed by atoms with E-state index in [1.165, 1.54) is 7.11 Å². The van der Waals surface area contributed by atoms with Gasteiger partial charge in [-0.2, -0.15) is 10.6 Å². The fourth-order valence-electron chi connectivity index (χ4n) is 3.82. The quantitative estimate of drug-likeness (QED) is 0.496. The summed E-state index contributed by atoms with van der Waals surface area (Å²) in [4.78, 5) is 19.1. The molecule has 31 heavy (non-hydrogen) atoms. The molecular weight excluding hydrogens is 414 g/mol. The average Bonchev–Trinajstić information content (AvgIpc) is 2.89. The number of aryl methyl sites for hydroxylation is 1. The van der Waals surface area contributed by atoms with Gasteiger partial charge >= 0.3 is 5.97 Å². The lowest BCUT2D eigenvalue weighted by molar-refractivity contribution is -0.140. The molecule has 2 heterocycles. The zero-order chi connectivity index (χ0) is 22.0. The van der Waals surface area contributed by atoms with Crippen molar-refractivity contribution in [3.05, 3.63) is 59.7 Å². The fourth-order valence-corrected chi connectivity index (χ4v) is 5.36. The van der Waals surface area contributed by atoms with E-state index >= 15 is 0 Å². The second-order valence-corrected chi connectivity index (χ2v) is 9.88. The van der Waals surface area contributed by atoms with Crippen molar-refractivity contribution in [3.8, 4) is 0 Å². The summed E-state index contributed by atoms with van der Waals surface area (Å²) >= 11 is 0. The van der Waals surface area contributed by atoms with Crippen molar-refractivity contribution in [1.29, 1.82) is 0 Å². The molecule has 0 saturated heterocycles. The smallest absolute Gasteiger partial charge is 0.307 e. The molecule has 1 aliphatic rings. The highest BCUT2D eigenvalue weighted by Gasteiger charge is 2.26. The van der Waals surface area contributed by atoms with Crippen LogP contribution in [0.5, 0.6) is 0 Å². The van der Waals surface area contributed by atoms with E-state index in [0.717, 1.165) is 33.5 Å². The highest BCUT2D eigenvalue weighted by Crippen LogP contribution is 2.51. The second kappa shape index (κ2) is 8.74. The molecule has 1 aliphatic heterocycles. The van der Waals surface area contributed by atoms with Gasteiger partial charge in [0.1, 0.15) is 5.82 Å². The molecule has 164 valence electrons. The Balaban J connectivity index is 1.70. The molecule has 1 aromatic heterocycles. The van der Waals surface area contributed by atoms with Crippen LogP contribution >= 0.6 is 10.6 Å². The Bertz CT molecular complexity index is 1120. The number of anilines is 2. The van der Waals surface area contributed by atoms with Crippen molar-refractivity contribution < 1.29 is 18.6 Å². The van der Waals surface area contributed by atoms with E-state index in [4.69, 9.17) is 9.72 Å². The predicted octanol–water partition coefficient (Wildman–Crippen LogP) is 4.65. The van der Waals surface area contributed by atoms with E-state index in [1.54, 1.807) is 6.07 Å². The zero-order valence-corrected chi connectivity index (χ0v) is 18.5. The molecule has 0 atom stereocenters. The van der Waals surface area contributed by atoms with Gasteiger partial charge in [-0.05, 0) is 30.7 Å². The van der Waals surface area contributed by atoms with Gasteiger partial charge in [-0.15, -0.1) is 0 Å². The maximum Gasteiger partial charge on any atom is 0.307 e. The van der Waals surface area contributed by atoms with Crippen LogP contribution in [0.2, 0.25) is 0 Å². The third-order valence-corrected chi connectivity index (χ3v) is 7.33. The number of hydrogen-bond donors (Lipinski definition) is 3. The molecule has 3 N–H and O–H groups in total. The van der Waals surface area contributed by atoms with Gasteiger partial charge < -0.3 is 15.0 Å². The number of carbonyl (C=O) groups is 1. The van der Waals surface area contributed by atoms with Crippen molar-refractivity contribution in [2.45, 2.75) is 24.8 Å². The number of methoxy groups -OCH3 is 1. The summed E-state index contributed by atoms with van der Waals surface area (Å²) in [5.41, 5.74) is 3.74. The van der Waals surface area contributed by atoms with Gasteiger partial charge in [0.25, 0.3) is 0 Å². The SMILES string of the molecule is COC(=O)CCNc1cc(N2CCS(O)(O)c3ccccc3C2)nc2ccc(C)cc12. The number of aromatic nitrogens is 1. The summed E-state index contributed by atoms with van der Waals surface area (Å²) in [5, 5.41) is 4.33. The molecule has 0 amide bonds. The third-order valence-electron chi connectivity index (χ3n) is 5.48. The van der Waals surface area contributed by atoms with Gasteiger partial charge in [0.2, 0.25) is 0 Å². The molecular formula is C23H27N3O4S. The monoisotopic (exact) mass is 441 g/mol. The summed E-state index contributed by atoms with van der Waals surface area (Å²) in [7, 11) is -1.46. The minimum Gasteiger partial charge on any atom is -0.469 e. The molecule has 4 rings (SSSR count). The first kappa shape index (κ1) is 21.4. The van der Waals surface area contributed by atoms with Crippen LogP contribution in [0.1, 0.15) is 17.5 Å². The number of nitrogens with one attached hydrogen (secondary N) is 1. The van der Waals surface area contributed by atoms with Crippen molar-refractivity contribution in [2.75, 3.05) is 36.2 Å². The Morgan fingerprint density at radius 1 is 1.23 bits per heavy atom. The third kappa shape index (κ3) is 4.61. The molecule has 7 nitrogen and oxygen atoms in total. The van der Waals surface area contributed by atoms with Crippen LogP contribution in [-0.2, 0) is 16.1 Å². The Morgan fingerprint density at radius 3 is 2.84 bits per heavy atom. The largest absolute Gasteiger partial charge is 0.469 e. The van der Waals surface area contributed by atoms with E-state index < -0.39 is 10.6 Å². The molecule has 0 radical (unpaired) electrons. The molecule has 0 unspecified atom stereocenters. The number of benzene rings is 2. The van der Waals surface area contributed by atoms with Gasteiger partial charge in [-0.3, -0.25) is 13.9 Å². The van der Waals surface area contributed by atoms with Crippen LogP contribution in [0, 0.1) is 6.92 Å². The maximum atomic E-state index is 11.5. The van der Waals surface area contributed by atoms with Gasteiger partial charge in [0.05, 0.1) is 29.7 Å². The van der Waals surface area contributed by atoms with Crippen LogP contribution in [0.15, 0.2) is 53.4 Å². The van der Waals surface area contributed by atoms with Gasteiger partial charge in [0, 0.05) is 36.8 Å². The number of esters is 1. The van der Waals surface area contributed by atoms with Crippen LogP contribution < -0.4 is 10.2 Å². The van der Waals surface area contributed by atoms with Crippen LogP contribution in [0.3, 0.4) is 0 Å². The Morgan fingerprint density at radius 2 is 2.03 bits per heavy atom. The molecule has 0 fully saturated rings. The predicted molar refractivity (Wildman–Crippen MR) is 125 cm³/mol. The van der Waals surface area contributed by atoms with E-state index in [2.05, 4.69) is 16.3 Å². The van der Waals surface area contributed by atoms with Crippen molar-refractivity contribution in [3.63, 3.8) is 0 Å². The number of ether oxygens (including phenoxy) is 1. The average molecular weight is 442 g/mol. The summed E-state index contributed by atoms with van der Waals surface area (Å²) in [6.07, 6.45) is 0.263. The minimum absolute atomic E-state index is 0.253. The molecule has 0 saturated carbocycles. The van der Waals surface area contributed by atoms with Crippen molar-refractivity contribution in [2.24, 2.45) is 0 Å². The first-order chi connectivity index (χ1) is 14.9. The van der Waals surface area contributed by atoms with Crippen molar-refractivity contribution >= 4 is 39.0 Å².